The molecule has 0 aliphatic heterocycles. The van der Waals surface area contributed by atoms with Gasteiger partial charge in [-0.05, 0) is 36.5 Å². The lowest BCUT2D eigenvalue weighted by Crippen LogP contribution is -2.37. The molecule has 0 unspecified atom stereocenters. The molecular weight excluding hydrogens is 214 g/mol. The number of benzene rings is 1. The Balaban J connectivity index is 1.78. The third kappa shape index (κ3) is 3.66. The van der Waals surface area contributed by atoms with E-state index in [-0.39, 0.29) is 5.75 Å². The largest absolute Gasteiger partial charge is 0.508 e. The lowest BCUT2D eigenvalue weighted by atomic mass is 9.85. The number of phenolic OH excluding ortho intramolecular Hbond substituents is 1. The molecule has 0 amide bonds. The number of aliphatic imine (C=N–C) groups is 1. The fourth-order valence-corrected chi connectivity index (χ4v) is 1.83. The Kier molecular flexibility index (Phi) is 3.85. The Morgan fingerprint density at radius 2 is 2.29 bits per heavy atom. The van der Waals surface area contributed by atoms with E-state index < -0.39 is 0 Å². The second-order valence-corrected chi connectivity index (χ2v) is 4.55. The van der Waals surface area contributed by atoms with Gasteiger partial charge in [0.05, 0.1) is 6.54 Å². The number of nitrogens with one attached hydrogen (secondary N) is 1. The van der Waals surface area contributed by atoms with Crippen LogP contribution in [0.25, 0.3) is 0 Å². The number of hydrogen-bond acceptors (Lipinski definition) is 2. The van der Waals surface area contributed by atoms with Crippen molar-refractivity contribution in [3.63, 3.8) is 0 Å². The van der Waals surface area contributed by atoms with Crippen LogP contribution in [-0.4, -0.2) is 17.6 Å². The van der Waals surface area contributed by atoms with Gasteiger partial charge in [0.15, 0.2) is 5.96 Å². The van der Waals surface area contributed by atoms with Gasteiger partial charge in [-0.25, -0.2) is 4.99 Å². The van der Waals surface area contributed by atoms with Gasteiger partial charge in [-0.2, -0.15) is 0 Å². The Hall–Kier alpha value is -1.71. The number of hydrogen-bond donors (Lipinski definition) is 3. The fraction of sp³-hybridized carbons (Fsp3) is 0.462. The lowest BCUT2D eigenvalue weighted by molar-refractivity contribution is 0.315. The highest BCUT2D eigenvalue weighted by atomic mass is 16.3. The third-order valence-corrected chi connectivity index (χ3v) is 3.14. The van der Waals surface area contributed by atoms with E-state index in [0.717, 1.165) is 18.0 Å². The van der Waals surface area contributed by atoms with Gasteiger partial charge in [0.25, 0.3) is 0 Å². The molecule has 0 heterocycles. The molecule has 1 aromatic rings. The van der Waals surface area contributed by atoms with E-state index in [4.69, 9.17) is 5.73 Å². The zero-order chi connectivity index (χ0) is 12.1. The number of phenols is 1. The second kappa shape index (κ2) is 5.57. The van der Waals surface area contributed by atoms with Crippen molar-refractivity contribution in [2.24, 2.45) is 16.6 Å². The summed E-state index contributed by atoms with van der Waals surface area (Å²) in [6.45, 7) is 1.42. The molecule has 0 spiro atoms. The van der Waals surface area contributed by atoms with Crippen molar-refractivity contribution in [1.82, 2.24) is 5.32 Å². The maximum absolute atomic E-state index is 9.30. The maximum Gasteiger partial charge on any atom is 0.188 e. The van der Waals surface area contributed by atoms with E-state index in [1.54, 1.807) is 18.2 Å². The predicted octanol–water partition coefficient (Wildman–Crippen LogP) is 1.60. The number of rotatable bonds is 4. The molecule has 1 aliphatic rings. The summed E-state index contributed by atoms with van der Waals surface area (Å²) >= 11 is 0. The molecule has 0 aromatic heterocycles. The summed E-state index contributed by atoms with van der Waals surface area (Å²) in [7, 11) is 0. The van der Waals surface area contributed by atoms with Crippen molar-refractivity contribution >= 4 is 5.96 Å². The summed E-state index contributed by atoms with van der Waals surface area (Å²) < 4.78 is 0. The zero-order valence-electron chi connectivity index (χ0n) is 9.89. The van der Waals surface area contributed by atoms with Crippen LogP contribution >= 0.6 is 0 Å². The van der Waals surface area contributed by atoms with Crippen LogP contribution in [0.2, 0.25) is 0 Å². The summed E-state index contributed by atoms with van der Waals surface area (Å²) in [5.74, 6) is 1.52. The van der Waals surface area contributed by atoms with E-state index in [0.29, 0.717) is 12.5 Å². The van der Waals surface area contributed by atoms with Crippen LogP contribution in [0.1, 0.15) is 24.8 Å². The summed E-state index contributed by atoms with van der Waals surface area (Å²) in [5, 5.41) is 12.4. The van der Waals surface area contributed by atoms with E-state index in [1.165, 1.54) is 19.3 Å². The second-order valence-electron chi connectivity index (χ2n) is 4.55. The number of nitrogens with zero attached hydrogens (tertiary/aromatic N) is 1. The van der Waals surface area contributed by atoms with E-state index in [1.807, 2.05) is 6.07 Å². The quantitative estimate of drug-likeness (QED) is 0.546. The molecule has 0 atom stereocenters. The van der Waals surface area contributed by atoms with Crippen LogP contribution in [0.5, 0.6) is 5.75 Å². The number of guanidine groups is 1. The molecule has 0 bridgehead atoms. The smallest absolute Gasteiger partial charge is 0.188 e. The Morgan fingerprint density at radius 1 is 1.47 bits per heavy atom. The molecular formula is C13H19N3O. The summed E-state index contributed by atoms with van der Waals surface area (Å²) in [6, 6.07) is 7.06. The number of aromatic hydroxyl groups is 1. The van der Waals surface area contributed by atoms with Crippen molar-refractivity contribution in [3.05, 3.63) is 29.8 Å². The first-order valence-electron chi connectivity index (χ1n) is 6.06. The van der Waals surface area contributed by atoms with Crippen LogP contribution in [0.3, 0.4) is 0 Å². The minimum atomic E-state index is 0.263. The minimum absolute atomic E-state index is 0.263. The Labute approximate surface area is 102 Å². The monoisotopic (exact) mass is 233 g/mol. The highest BCUT2D eigenvalue weighted by Gasteiger charge is 2.16. The molecule has 4 heteroatoms. The molecule has 1 saturated carbocycles. The van der Waals surface area contributed by atoms with Crippen LogP contribution in [0, 0.1) is 5.92 Å². The van der Waals surface area contributed by atoms with Crippen molar-refractivity contribution in [3.8, 4) is 5.75 Å². The van der Waals surface area contributed by atoms with Crippen LogP contribution in [0.15, 0.2) is 29.3 Å². The SMILES string of the molecule is NC(=NCc1cccc(O)c1)NCC1CCC1. The molecule has 92 valence electrons. The van der Waals surface area contributed by atoms with Crippen LogP contribution < -0.4 is 11.1 Å². The molecule has 1 fully saturated rings. The molecule has 1 aromatic carbocycles. The van der Waals surface area contributed by atoms with Crippen molar-refractivity contribution in [2.45, 2.75) is 25.8 Å². The molecule has 17 heavy (non-hydrogen) atoms. The molecule has 1 aliphatic carbocycles. The van der Waals surface area contributed by atoms with Crippen molar-refractivity contribution in [1.29, 1.82) is 0 Å². The Bertz CT molecular complexity index is 399. The first-order chi connectivity index (χ1) is 8.24. The first kappa shape index (κ1) is 11.8. The van der Waals surface area contributed by atoms with Crippen LogP contribution in [0.4, 0.5) is 0 Å². The molecule has 4 nitrogen and oxygen atoms in total. The predicted molar refractivity (Wildman–Crippen MR) is 68.8 cm³/mol. The number of nitrogens with two attached hydrogens (primary N) is 1. The minimum Gasteiger partial charge on any atom is -0.508 e. The van der Waals surface area contributed by atoms with Crippen LogP contribution in [-0.2, 0) is 6.54 Å². The van der Waals surface area contributed by atoms with Gasteiger partial charge in [0.1, 0.15) is 5.75 Å². The first-order valence-corrected chi connectivity index (χ1v) is 6.06. The average molecular weight is 233 g/mol. The van der Waals surface area contributed by atoms with E-state index in [9.17, 15) is 5.11 Å². The van der Waals surface area contributed by atoms with Gasteiger partial charge in [-0.15, -0.1) is 0 Å². The van der Waals surface area contributed by atoms with Crippen molar-refractivity contribution < 1.29 is 5.11 Å². The van der Waals surface area contributed by atoms with E-state index >= 15 is 0 Å². The van der Waals surface area contributed by atoms with Gasteiger partial charge >= 0.3 is 0 Å². The van der Waals surface area contributed by atoms with Crippen molar-refractivity contribution in [2.75, 3.05) is 6.54 Å². The van der Waals surface area contributed by atoms with Gasteiger partial charge in [-0.1, -0.05) is 18.6 Å². The molecule has 0 saturated heterocycles. The fourth-order valence-electron chi connectivity index (χ4n) is 1.83. The maximum atomic E-state index is 9.30. The molecule has 0 radical (unpaired) electrons. The zero-order valence-corrected chi connectivity index (χ0v) is 9.89. The summed E-state index contributed by atoms with van der Waals surface area (Å²) in [4.78, 5) is 4.24. The van der Waals surface area contributed by atoms with Gasteiger partial charge in [0, 0.05) is 6.54 Å². The summed E-state index contributed by atoms with van der Waals surface area (Å²) in [6.07, 6.45) is 3.94. The molecule has 4 N–H and O–H groups in total. The van der Waals surface area contributed by atoms with E-state index in [2.05, 4.69) is 10.3 Å². The standard InChI is InChI=1S/C13H19N3O/c14-13(15-8-10-3-1-4-10)16-9-11-5-2-6-12(17)7-11/h2,5-7,10,17H,1,3-4,8-9H2,(H3,14,15,16). The average Bonchev–Trinajstić information content (AvgIpc) is 2.24. The highest BCUT2D eigenvalue weighted by Crippen LogP contribution is 2.24. The Morgan fingerprint density at radius 3 is 2.94 bits per heavy atom. The topological polar surface area (TPSA) is 70.6 Å². The highest BCUT2D eigenvalue weighted by molar-refractivity contribution is 5.77. The normalized spacial score (nSPS) is 16.6. The lowest BCUT2D eigenvalue weighted by Gasteiger charge is -2.25. The van der Waals surface area contributed by atoms with Gasteiger partial charge in [0.2, 0.25) is 0 Å². The third-order valence-electron chi connectivity index (χ3n) is 3.14. The van der Waals surface area contributed by atoms with Gasteiger partial charge in [-0.3, -0.25) is 0 Å². The van der Waals surface area contributed by atoms with Gasteiger partial charge < -0.3 is 16.2 Å². The molecule has 2 rings (SSSR count). The summed E-state index contributed by atoms with van der Waals surface area (Å²) in [5.41, 5.74) is 6.72.